The Bertz CT molecular complexity index is 653. The average molecular weight is 425 g/mol. The van der Waals surface area contributed by atoms with Crippen molar-refractivity contribution in [1.29, 1.82) is 0 Å². The van der Waals surface area contributed by atoms with Crippen LogP contribution < -0.4 is 5.73 Å². The molecule has 0 saturated heterocycles. The highest BCUT2D eigenvalue weighted by Crippen LogP contribution is 2.08. The van der Waals surface area contributed by atoms with Crippen molar-refractivity contribution in [3.63, 3.8) is 0 Å². The zero-order chi connectivity index (χ0) is 22.9. The minimum Gasteiger partial charge on any atom is -0.481 e. The maximum Gasteiger partial charge on any atom is 0.303 e. The molecule has 0 radical (unpaired) electrons. The molecule has 0 heterocycles. The molecule has 168 valence electrons. The van der Waals surface area contributed by atoms with Crippen LogP contribution in [0.3, 0.4) is 0 Å². The molecule has 30 heavy (non-hydrogen) atoms. The number of carboxylic acids is 1. The van der Waals surface area contributed by atoms with E-state index in [-0.39, 0.29) is 125 Å². The number of Topliss-reactive ketones (excluding diaryl/α,β-unsaturated/α-hetero) is 6. The molecule has 0 aliphatic heterocycles. The van der Waals surface area contributed by atoms with Crippen LogP contribution >= 0.6 is 0 Å². The molecule has 0 aromatic carbocycles. The van der Waals surface area contributed by atoms with Gasteiger partial charge in [-0.05, 0) is 6.54 Å². The molecule has 0 fully saturated rings. The van der Waals surface area contributed by atoms with Crippen molar-refractivity contribution >= 4 is 40.7 Å². The zero-order valence-corrected chi connectivity index (χ0v) is 17.3. The smallest absolute Gasteiger partial charge is 0.303 e. The third-order valence-corrected chi connectivity index (χ3v) is 4.45. The van der Waals surface area contributed by atoms with Gasteiger partial charge in [0.15, 0.2) is 0 Å². The summed E-state index contributed by atoms with van der Waals surface area (Å²) in [6, 6.07) is 0. The predicted molar refractivity (Wildman–Crippen MR) is 107 cm³/mol. The summed E-state index contributed by atoms with van der Waals surface area (Å²) in [7, 11) is 0. The summed E-state index contributed by atoms with van der Waals surface area (Å²) in [4.78, 5) is 80.0. The molecule has 9 nitrogen and oxygen atoms in total. The molecule has 0 aromatic heterocycles. The van der Waals surface area contributed by atoms with E-state index >= 15 is 0 Å². The van der Waals surface area contributed by atoms with Crippen molar-refractivity contribution in [2.45, 2.75) is 83.5 Å². The van der Waals surface area contributed by atoms with E-state index in [1.165, 1.54) is 0 Å². The van der Waals surface area contributed by atoms with Crippen LogP contribution in [-0.4, -0.2) is 52.3 Å². The lowest BCUT2D eigenvalue weighted by atomic mass is 10.0. The molecule has 0 atom stereocenters. The Morgan fingerprint density at radius 1 is 0.400 bits per heavy atom. The van der Waals surface area contributed by atoms with E-state index in [9.17, 15) is 33.6 Å². The van der Waals surface area contributed by atoms with Gasteiger partial charge in [-0.15, -0.1) is 0 Å². The first-order valence-corrected chi connectivity index (χ1v) is 10.2. The summed E-state index contributed by atoms with van der Waals surface area (Å²) in [5.41, 5.74) is 5.25. The third-order valence-electron chi connectivity index (χ3n) is 4.45. The number of rotatable bonds is 20. The summed E-state index contributed by atoms with van der Waals surface area (Å²) in [5.74, 6) is -2.36. The SMILES string of the molecule is NCCC(=O)CCC(=O)CCC(=O)CCC(=O)CCC(=O)CCC(=O)CCC(=O)O. The Kier molecular flexibility index (Phi) is 14.9. The highest BCUT2D eigenvalue weighted by Gasteiger charge is 2.13. The van der Waals surface area contributed by atoms with Gasteiger partial charge in [0.2, 0.25) is 0 Å². The molecular formula is C21H31NO8. The second-order valence-electron chi connectivity index (χ2n) is 7.16. The summed E-state index contributed by atoms with van der Waals surface area (Å²) in [5, 5.41) is 8.48. The number of hydrogen-bond donors (Lipinski definition) is 2. The molecule has 3 N–H and O–H groups in total. The van der Waals surface area contributed by atoms with Crippen LogP contribution in [0.1, 0.15) is 83.5 Å². The molecule has 9 heteroatoms. The number of nitrogens with two attached hydrogens (primary N) is 1. The van der Waals surface area contributed by atoms with Gasteiger partial charge < -0.3 is 10.8 Å². The lowest BCUT2D eigenvalue weighted by Gasteiger charge is -2.03. The minimum atomic E-state index is -1.07. The second kappa shape index (κ2) is 16.3. The number of carbonyl (C=O) groups excluding carboxylic acids is 6. The highest BCUT2D eigenvalue weighted by molar-refractivity contribution is 5.92. The standard InChI is InChI=1S/C21H31NO8/c22-14-13-20(28)10-9-18(26)6-5-16(24)2-1-15(23)3-4-17(25)7-8-19(27)11-12-21(29)30/h1-14,22H2,(H,29,30). The predicted octanol–water partition coefficient (Wildman–Crippen LogP) is 1.52. The summed E-state index contributed by atoms with van der Waals surface area (Å²) in [6.07, 6.45) is 0.0234. The summed E-state index contributed by atoms with van der Waals surface area (Å²) >= 11 is 0. The fraction of sp³-hybridized carbons (Fsp3) is 0.667. The van der Waals surface area contributed by atoms with E-state index in [4.69, 9.17) is 10.8 Å². The number of carboxylic acid groups (broad SMARTS) is 1. The molecule has 0 saturated carbocycles. The van der Waals surface area contributed by atoms with Crippen molar-refractivity contribution in [2.24, 2.45) is 5.73 Å². The van der Waals surface area contributed by atoms with Gasteiger partial charge in [0.1, 0.15) is 34.7 Å². The van der Waals surface area contributed by atoms with Crippen molar-refractivity contribution in [2.75, 3.05) is 6.54 Å². The van der Waals surface area contributed by atoms with E-state index in [2.05, 4.69) is 0 Å². The van der Waals surface area contributed by atoms with Crippen LogP contribution in [0, 0.1) is 0 Å². The fourth-order valence-electron chi connectivity index (χ4n) is 2.55. The molecule has 0 unspecified atom stereocenters. The van der Waals surface area contributed by atoms with E-state index < -0.39 is 5.97 Å². The van der Waals surface area contributed by atoms with Gasteiger partial charge >= 0.3 is 5.97 Å². The Balaban J connectivity index is 3.86. The minimum absolute atomic E-state index is 0.0000816. The Labute approximate surface area is 175 Å². The molecule has 0 aliphatic carbocycles. The van der Waals surface area contributed by atoms with Crippen LogP contribution in [0.25, 0.3) is 0 Å². The maximum atomic E-state index is 11.8. The van der Waals surface area contributed by atoms with Crippen molar-refractivity contribution in [3.8, 4) is 0 Å². The highest BCUT2D eigenvalue weighted by atomic mass is 16.4. The van der Waals surface area contributed by atoms with Crippen LogP contribution in [0.15, 0.2) is 0 Å². The van der Waals surface area contributed by atoms with Gasteiger partial charge in [-0.2, -0.15) is 0 Å². The van der Waals surface area contributed by atoms with E-state index in [1.807, 2.05) is 0 Å². The molecular weight excluding hydrogens is 394 g/mol. The quantitative estimate of drug-likeness (QED) is 0.294. The first-order valence-electron chi connectivity index (χ1n) is 10.2. The van der Waals surface area contributed by atoms with Crippen molar-refractivity contribution in [3.05, 3.63) is 0 Å². The lowest BCUT2D eigenvalue weighted by molar-refractivity contribution is -0.138. The molecule has 0 rings (SSSR count). The van der Waals surface area contributed by atoms with Crippen LogP contribution in [0.5, 0.6) is 0 Å². The zero-order valence-electron chi connectivity index (χ0n) is 17.3. The molecule has 0 bridgehead atoms. The first kappa shape index (κ1) is 27.5. The van der Waals surface area contributed by atoms with Crippen LogP contribution in [0.2, 0.25) is 0 Å². The topological polar surface area (TPSA) is 166 Å². The monoisotopic (exact) mass is 425 g/mol. The van der Waals surface area contributed by atoms with Gasteiger partial charge in [-0.3, -0.25) is 33.6 Å². The molecule has 0 aromatic rings. The molecule has 0 amide bonds. The Hall–Kier alpha value is -2.55. The largest absolute Gasteiger partial charge is 0.481 e. The van der Waals surface area contributed by atoms with E-state index in [0.29, 0.717) is 0 Å². The number of ketones is 6. The average Bonchev–Trinajstić information content (AvgIpc) is 2.70. The number of carbonyl (C=O) groups is 7. The lowest BCUT2D eigenvalue weighted by Crippen LogP contribution is -2.11. The van der Waals surface area contributed by atoms with Gasteiger partial charge in [-0.25, -0.2) is 0 Å². The first-order chi connectivity index (χ1) is 14.1. The maximum absolute atomic E-state index is 11.8. The van der Waals surface area contributed by atoms with Gasteiger partial charge in [0.25, 0.3) is 0 Å². The van der Waals surface area contributed by atoms with Crippen LogP contribution in [-0.2, 0) is 33.6 Å². The molecule has 0 spiro atoms. The van der Waals surface area contributed by atoms with E-state index in [1.54, 1.807) is 0 Å². The summed E-state index contributed by atoms with van der Waals surface area (Å²) < 4.78 is 0. The number of aliphatic carboxylic acids is 1. The Morgan fingerprint density at radius 3 is 0.800 bits per heavy atom. The van der Waals surface area contributed by atoms with Gasteiger partial charge in [0, 0.05) is 77.0 Å². The van der Waals surface area contributed by atoms with Gasteiger partial charge in [0.05, 0.1) is 6.42 Å². The van der Waals surface area contributed by atoms with Crippen molar-refractivity contribution in [1.82, 2.24) is 0 Å². The van der Waals surface area contributed by atoms with Crippen LogP contribution in [0.4, 0.5) is 0 Å². The summed E-state index contributed by atoms with van der Waals surface area (Å²) in [6.45, 7) is 0.246. The van der Waals surface area contributed by atoms with Crippen molar-refractivity contribution < 1.29 is 38.7 Å². The number of hydrogen-bond acceptors (Lipinski definition) is 8. The third kappa shape index (κ3) is 16.4. The van der Waals surface area contributed by atoms with Gasteiger partial charge in [-0.1, -0.05) is 0 Å². The van der Waals surface area contributed by atoms with E-state index in [0.717, 1.165) is 0 Å². The fourth-order valence-corrected chi connectivity index (χ4v) is 2.55. The molecule has 0 aliphatic rings. The second-order valence-corrected chi connectivity index (χ2v) is 7.16. The Morgan fingerprint density at radius 2 is 0.600 bits per heavy atom. The normalized spacial score (nSPS) is 10.4.